The molecule has 0 spiro atoms. The third kappa shape index (κ3) is 7.88. The van der Waals surface area contributed by atoms with E-state index < -0.39 is 28.5 Å². The number of hydrogen-bond donors (Lipinski definition) is 1. The quantitative estimate of drug-likeness (QED) is 0.304. The van der Waals surface area contributed by atoms with E-state index in [-0.39, 0.29) is 23.4 Å². The molecule has 3 rings (SSSR count). The number of methoxy groups -OCH3 is 1. The van der Waals surface area contributed by atoms with Crippen molar-refractivity contribution >= 4 is 27.5 Å². The number of rotatable bonds is 13. The summed E-state index contributed by atoms with van der Waals surface area (Å²) in [4.78, 5) is 28.8. The number of aryl methyl sites for hydroxylation is 2. The molecule has 2 atom stereocenters. The first-order valence-electron chi connectivity index (χ1n) is 13.9. The zero-order chi connectivity index (χ0) is 30.2. The minimum atomic E-state index is -4.11. The molecular formula is C32H41N3O5S. The second kappa shape index (κ2) is 14.2. The van der Waals surface area contributed by atoms with Crippen molar-refractivity contribution in [2.45, 2.75) is 71.0 Å². The minimum absolute atomic E-state index is 0.0715. The van der Waals surface area contributed by atoms with Gasteiger partial charge in [-0.2, -0.15) is 0 Å². The SMILES string of the molecule is CCc1ccccc1N(CC(=O)N(Cc1ccc(OC)cc1)[C@@H](C)C(=O)N[C@@H](C)CC)S(=O)(=O)c1ccc(C)cc1. The summed E-state index contributed by atoms with van der Waals surface area (Å²) in [6.07, 6.45) is 1.31. The zero-order valence-corrected chi connectivity index (χ0v) is 25.6. The summed E-state index contributed by atoms with van der Waals surface area (Å²) in [6.45, 7) is 9.00. The molecule has 3 aromatic carbocycles. The number of benzene rings is 3. The Morgan fingerprint density at radius 2 is 1.56 bits per heavy atom. The molecule has 0 fully saturated rings. The smallest absolute Gasteiger partial charge is 0.264 e. The van der Waals surface area contributed by atoms with Gasteiger partial charge in [0, 0.05) is 12.6 Å². The number of nitrogens with zero attached hydrogens (tertiary/aromatic N) is 2. The van der Waals surface area contributed by atoms with Gasteiger partial charge in [-0.15, -0.1) is 0 Å². The van der Waals surface area contributed by atoms with Crippen molar-refractivity contribution in [1.29, 1.82) is 0 Å². The summed E-state index contributed by atoms with van der Waals surface area (Å²) in [5.74, 6) is -0.127. The van der Waals surface area contributed by atoms with E-state index in [1.54, 1.807) is 62.6 Å². The van der Waals surface area contributed by atoms with Gasteiger partial charge in [0.25, 0.3) is 10.0 Å². The van der Waals surface area contributed by atoms with Crippen molar-refractivity contribution in [3.05, 3.63) is 89.5 Å². The van der Waals surface area contributed by atoms with Gasteiger partial charge in [0.05, 0.1) is 17.7 Å². The van der Waals surface area contributed by atoms with Crippen LogP contribution in [0.3, 0.4) is 0 Å². The average Bonchev–Trinajstić information content (AvgIpc) is 2.98. The topological polar surface area (TPSA) is 96.0 Å². The number of ether oxygens (including phenoxy) is 1. The van der Waals surface area contributed by atoms with Gasteiger partial charge in [-0.05, 0) is 75.1 Å². The molecule has 9 heteroatoms. The number of hydrogen-bond acceptors (Lipinski definition) is 5. The normalized spacial score (nSPS) is 12.7. The van der Waals surface area contributed by atoms with Gasteiger partial charge < -0.3 is 15.0 Å². The lowest BCUT2D eigenvalue weighted by Crippen LogP contribution is -2.52. The predicted molar refractivity (Wildman–Crippen MR) is 162 cm³/mol. The largest absolute Gasteiger partial charge is 0.497 e. The fourth-order valence-corrected chi connectivity index (χ4v) is 5.83. The molecule has 1 N–H and O–H groups in total. The Kier molecular flexibility index (Phi) is 10.9. The number of para-hydroxylation sites is 1. The molecule has 220 valence electrons. The van der Waals surface area contributed by atoms with Crippen LogP contribution in [0.4, 0.5) is 5.69 Å². The monoisotopic (exact) mass is 579 g/mol. The fraction of sp³-hybridized carbons (Fsp3) is 0.375. The standard InChI is InChI=1S/C32H41N3O5S/c1-7-24(4)33-32(37)25(5)34(21-26-15-17-28(40-6)18-16-26)31(36)22-35(30-12-10-9-11-27(30)8-2)41(38,39)29-19-13-23(3)14-20-29/h9-20,24-25H,7-8,21-22H2,1-6H3,(H,33,37)/t24-,25-/m0/s1. The van der Waals surface area contributed by atoms with E-state index in [2.05, 4.69) is 5.32 Å². The van der Waals surface area contributed by atoms with Crippen molar-refractivity contribution in [2.24, 2.45) is 0 Å². The minimum Gasteiger partial charge on any atom is -0.497 e. The molecule has 41 heavy (non-hydrogen) atoms. The van der Waals surface area contributed by atoms with E-state index in [9.17, 15) is 18.0 Å². The second-order valence-electron chi connectivity index (χ2n) is 10.2. The van der Waals surface area contributed by atoms with E-state index >= 15 is 0 Å². The van der Waals surface area contributed by atoms with Crippen molar-refractivity contribution in [1.82, 2.24) is 10.2 Å². The third-order valence-electron chi connectivity index (χ3n) is 7.21. The Balaban J connectivity index is 2.05. The lowest BCUT2D eigenvalue weighted by Gasteiger charge is -2.33. The van der Waals surface area contributed by atoms with Gasteiger partial charge >= 0.3 is 0 Å². The van der Waals surface area contributed by atoms with Crippen molar-refractivity contribution < 1.29 is 22.7 Å². The summed E-state index contributed by atoms with van der Waals surface area (Å²) in [6, 6.07) is 20.0. The maximum Gasteiger partial charge on any atom is 0.264 e. The highest BCUT2D eigenvalue weighted by Gasteiger charge is 2.33. The molecule has 0 aliphatic rings. The van der Waals surface area contributed by atoms with Crippen LogP contribution >= 0.6 is 0 Å². The van der Waals surface area contributed by atoms with Crippen LogP contribution in [0.5, 0.6) is 5.75 Å². The molecule has 0 saturated heterocycles. The molecule has 0 aliphatic carbocycles. The highest BCUT2D eigenvalue weighted by Crippen LogP contribution is 2.28. The molecule has 3 aromatic rings. The van der Waals surface area contributed by atoms with Crippen LogP contribution < -0.4 is 14.4 Å². The number of anilines is 1. The van der Waals surface area contributed by atoms with E-state index in [4.69, 9.17) is 4.74 Å². The van der Waals surface area contributed by atoms with Crippen molar-refractivity contribution in [3.8, 4) is 5.75 Å². The summed E-state index contributed by atoms with van der Waals surface area (Å²) < 4.78 is 34.5. The molecule has 8 nitrogen and oxygen atoms in total. The molecular weight excluding hydrogens is 538 g/mol. The van der Waals surface area contributed by atoms with Crippen LogP contribution in [0.1, 0.15) is 50.8 Å². The molecule has 0 aliphatic heterocycles. The summed E-state index contributed by atoms with van der Waals surface area (Å²) in [7, 11) is -2.54. The molecule has 0 aromatic heterocycles. The van der Waals surface area contributed by atoms with Gasteiger partial charge in [0.2, 0.25) is 11.8 Å². The maximum absolute atomic E-state index is 14.1. The highest BCUT2D eigenvalue weighted by atomic mass is 32.2. The van der Waals surface area contributed by atoms with Crippen LogP contribution in [-0.2, 0) is 32.6 Å². The van der Waals surface area contributed by atoms with Crippen LogP contribution in [0, 0.1) is 6.92 Å². The van der Waals surface area contributed by atoms with Crippen LogP contribution in [0.2, 0.25) is 0 Å². The van der Waals surface area contributed by atoms with Crippen molar-refractivity contribution in [2.75, 3.05) is 18.0 Å². The van der Waals surface area contributed by atoms with Gasteiger partial charge in [-0.1, -0.05) is 61.9 Å². The molecule has 0 heterocycles. The van der Waals surface area contributed by atoms with Gasteiger partial charge in [0.15, 0.2) is 0 Å². The van der Waals surface area contributed by atoms with Crippen LogP contribution in [0.15, 0.2) is 77.7 Å². The highest BCUT2D eigenvalue weighted by molar-refractivity contribution is 7.92. The lowest BCUT2D eigenvalue weighted by molar-refractivity contribution is -0.139. The first kappa shape index (κ1) is 31.7. The molecule has 0 unspecified atom stereocenters. The number of carbonyl (C=O) groups is 2. The molecule has 0 radical (unpaired) electrons. The van der Waals surface area contributed by atoms with Gasteiger partial charge in [-0.25, -0.2) is 8.42 Å². The van der Waals surface area contributed by atoms with Gasteiger partial charge in [0.1, 0.15) is 18.3 Å². The number of sulfonamides is 1. The second-order valence-corrected chi connectivity index (χ2v) is 12.0. The van der Waals surface area contributed by atoms with E-state index in [0.717, 1.165) is 23.1 Å². The summed E-state index contributed by atoms with van der Waals surface area (Å²) in [5, 5.41) is 2.95. The van der Waals surface area contributed by atoms with Crippen LogP contribution in [0.25, 0.3) is 0 Å². The van der Waals surface area contributed by atoms with E-state index in [1.165, 1.54) is 9.21 Å². The Morgan fingerprint density at radius 1 is 0.927 bits per heavy atom. The fourth-order valence-electron chi connectivity index (χ4n) is 4.38. The zero-order valence-electron chi connectivity index (χ0n) is 24.8. The number of carbonyl (C=O) groups excluding carboxylic acids is 2. The first-order chi connectivity index (χ1) is 19.5. The van der Waals surface area contributed by atoms with Crippen LogP contribution in [-0.4, -0.2) is 50.9 Å². The van der Waals surface area contributed by atoms with Crippen molar-refractivity contribution in [3.63, 3.8) is 0 Å². The van der Waals surface area contributed by atoms with Gasteiger partial charge in [-0.3, -0.25) is 13.9 Å². The first-order valence-corrected chi connectivity index (χ1v) is 15.4. The van der Waals surface area contributed by atoms with E-state index in [1.807, 2.05) is 52.0 Å². The Morgan fingerprint density at radius 3 is 2.15 bits per heavy atom. The average molecular weight is 580 g/mol. The predicted octanol–water partition coefficient (Wildman–Crippen LogP) is 5.09. The Hall–Kier alpha value is -3.85. The number of amides is 2. The maximum atomic E-state index is 14.1. The Labute approximate surface area is 244 Å². The summed E-state index contributed by atoms with van der Waals surface area (Å²) in [5.41, 5.74) is 2.93. The molecule has 0 saturated carbocycles. The number of nitrogens with one attached hydrogen (secondary N) is 1. The summed E-state index contributed by atoms with van der Waals surface area (Å²) >= 11 is 0. The molecule has 0 bridgehead atoms. The van der Waals surface area contributed by atoms with E-state index in [0.29, 0.717) is 17.9 Å². The lowest BCUT2D eigenvalue weighted by atomic mass is 10.1. The molecule has 2 amide bonds. The third-order valence-corrected chi connectivity index (χ3v) is 8.98. The Bertz CT molecular complexity index is 1420.